The number of nitrogens with one attached hydrogen (secondary N) is 1. The Morgan fingerprint density at radius 2 is 2.08 bits per heavy atom. The molecule has 0 unspecified atom stereocenters. The van der Waals surface area contributed by atoms with Crippen molar-refractivity contribution in [1.82, 2.24) is 19.9 Å². The maximum absolute atomic E-state index is 12.0. The number of benzene rings is 1. The Balaban J connectivity index is 1.46. The second-order valence-corrected chi connectivity index (χ2v) is 6.14. The maximum atomic E-state index is 12.0. The van der Waals surface area contributed by atoms with Crippen LogP contribution >= 0.6 is 11.6 Å². The summed E-state index contributed by atoms with van der Waals surface area (Å²) in [6.07, 6.45) is 3.70. The lowest BCUT2D eigenvalue weighted by molar-refractivity contribution is -0.121. The predicted molar refractivity (Wildman–Crippen MR) is 94.2 cm³/mol. The number of halogens is 1. The lowest BCUT2D eigenvalue weighted by Gasteiger charge is -2.06. The van der Waals surface area contributed by atoms with Gasteiger partial charge in [-0.25, -0.2) is 0 Å². The molecule has 0 bridgehead atoms. The Kier molecular flexibility index (Phi) is 5.11. The number of hydrogen-bond donors (Lipinski definition) is 1. The van der Waals surface area contributed by atoms with Gasteiger partial charge in [-0.1, -0.05) is 29.8 Å². The summed E-state index contributed by atoms with van der Waals surface area (Å²) >= 11 is 6.10. The highest BCUT2D eigenvalue weighted by Gasteiger charge is 2.07. The van der Waals surface area contributed by atoms with E-state index in [1.807, 2.05) is 53.9 Å². The van der Waals surface area contributed by atoms with Crippen molar-refractivity contribution in [2.45, 2.75) is 26.2 Å². The normalized spacial score (nSPS) is 10.9. The molecule has 0 saturated heterocycles. The monoisotopic (exact) mass is 342 g/mol. The number of aryl methyl sites for hydroxylation is 2. The summed E-state index contributed by atoms with van der Waals surface area (Å²) in [4.78, 5) is 12.0. The van der Waals surface area contributed by atoms with Crippen LogP contribution in [0.2, 0.25) is 5.02 Å². The quantitative estimate of drug-likeness (QED) is 0.749. The molecular formula is C18H19ClN4O. The highest BCUT2D eigenvalue weighted by atomic mass is 35.5. The van der Waals surface area contributed by atoms with E-state index >= 15 is 0 Å². The number of pyridine rings is 1. The minimum absolute atomic E-state index is 0.0283. The van der Waals surface area contributed by atoms with Crippen molar-refractivity contribution in [3.63, 3.8) is 0 Å². The minimum Gasteiger partial charge on any atom is -0.356 e. The molecule has 1 N–H and O–H groups in total. The first-order chi connectivity index (χ1) is 11.6. The first-order valence-electron chi connectivity index (χ1n) is 7.94. The van der Waals surface area contributed by atoms with Gasteiger partial charge in [0.25, 0.3) is 0 Å². The fourth-order valence-electron chi connectivity index (χ4n) is 2.51. The summed E-state index contributed by atoms with van der Waals surface area (Å²) in [5.41, 5.74) is 2.93. The molecule has 124 valence electrons. The van der Waals surface area contributed by atoms with E-state index in [-0.39, 0.29) is 5.91 Å². The molecule has 1 amide bonds. The Morgan fingerprint density at radius 1 is 1.21 bits per heavy atom. The number of carbonyl (C=O) groups is 1. The molecule has 0 saturated carbocycles. The SMILES string of the molecule is Cc1ccc(CCC(=O)NCCc2nnc3ccccn23)cc1Cl. The van der Waals surface area contributed by atoms with Crippen LogP contribution in [0.3, 0.4) is 0 Å². The van der Waals surface area contributed by atoms with Crippen LogP contribution in [0, 0.1) is 6.92 Å². The smallest absolute Gasteiger partial charge is 0.220 e. The third-order valence-electron chi connectivity index (χ3n) is 3.93. The molecule has 5 nitrogen and oxygen atoms in total. The topological polar surface area (TPSA) is 59.3 Å². The molecule has 0 aliphatic heterocycles. The van der Waals surface area contributed by atoms with Crippen LogP contribution in [0.1, 0.15) is 23.4 Å². The summed E-state index contributed by atoms with van der Waals surface area (Å²) in [5, 5.41) is 11.9. The molecule has 0 fully saturated rings. The number of carbonyl (C=O) groups excluding carboxylic acids is 1. The highest BCUT2D eigenvalue weighted by molar-refractivity contribution is 6.31. The number of hydrogen-bond acceptors (Lipinski definition) is 3. The van der Waals surface area contributed by atoms with Gasteiger partial charge in [0.15, 0.2) is 5.65 Å². The molecule has 0 radical (unpaired) electrons. The van der Waals surface area contributed by atoms with Crippen LogP contribution < -0.4 is 5.32 Å². The average molecular weight is 343 g/mol. The minimum atomic E-state index is 0.0283. The third-order valence-corrected chi connectivity index (χ3v) is 4.34. The summed E-state index contributed by atoms with van der Waals surface area (Å²) in [6.45, 7) is 2.51. The van der Waals surface area contributed by atoms with E-state index in [1.54, 1.807) is 0 Å². The van der Waals surface area contributed by atoms with Crippen molar-refractivity contribution >= 4 is 23.2 Å². The summed E-state index contributed by atoms with van der Waals surface area (Å²) in [7, 11) is 0. The van der Waals surface area contributed by atoms with Crippen LogP contribution in [0.15, 0.2) is 42.6 Å². The third kappa shape index (κ3) is 3.92. The van der Waals surface area contributed by atoms with E-state index in [1.165, 1.54) is 0 Å². The summed E-state index contributed by atoms with van der Waals surface area (Å²) in [5.74, 6) is 0.872. The molecule has 0 aliphatic rings. The Morgan fingerprint density at radius 3 is 2.92 bits per heavy atom. The first-order valence-corrected chi connectivity index (χ1v) is 8.31. The van der Waals surface area contributed by atoms with Crippen LogP contribution in [0.4, 0.5) is 0 Å². The van der Waals surface area contributed by atoms with Crippen molar-refractivity contribution in [1.29, 1.82) is 0 Å². The van der Waals surface area contributed by atoms with Crippen molar-refractivity contribution in [2.24, 2.45) is 0 Å². The molecule has 0 atom stereocenters. The van der Waals surface area contributed by atoms with E-state index in [0.29, 0.717) is 25.8 Å². The summed E-state index contributed by atoms with van der Waals surface area (Å²) in [6, 6.07) is 11.7. The second kappa shape index (κ2) is 7.45. The molecule has 0 aliphatic carbocycles. The largest absolute Gasteiger partial charge is 0.356 e. The Labute approximate surface area is 145 Å². The molecule has 24 heavy (non-hydrogen) atoms. The van der Waals surface area contributed by atoms with E-state index < -0.39 is 0 Å². The van der Waals surface area contributed by atoms with Gasteiger partial charge in [0.05, 0.1) is 0 Å². The zero-order valence-electron chi connectivity index (χ0n) is 13.5. The second-order valence-electron chi connectivity index (χ2n) is 5.73. The molecule has 3 aromatic rings. The van der Waals surface area contributed by atoms with Gasteiger partial charge in [0.1, 0.15) is 5.82 Å². The van der Waals surface area contributed by atoms with Gasteiger partial charge < -0.3 is 5.32 Å². The zero-order valence-corrected chi connectivity index (χ0v) is 14.3. The number of amides is 1. The number of fused-ring (bicyclic) bond motifs is 1. The van der Waals surface area contributed by atoms with Gasteiger partial charge in [0, 0.05) is 30.6 Å². The van der Waals surface area contributed by atoms with Crippen molar-refractivity contribution in [3.05, 3.63) is 64.6 Å². The van der Waals surface area contributed by atoms with Crippen LogP contribution in [-0.2, 0) is 17.6 Å². The van der Waals surface area contributed by atoms with E-state index in [2.05, 4.69) is 15.5 Å². The van der Waals surface area contributed by atoms with Crippen LogP contribution in [0.25, 0.3) is 5.65 Å². The maximum Gasteiger partial charge on any atom is 0.220 e. The molecule has 2 aromatic heterocycles. The zero-order chi connectivity index (χ0) is 16.9. The van der Waals surface area contributed by atoms with E-state index in [4.69, 9.17) is 11.6 Å². The predicted octanol–water partition coefficient (Wildman–Crippen LogP) is 2.98. The number of rotatable bonds is 6. The van der Waals surface area contributed by atoms with Gasteiger partial charge in [-0.05, 0) is 42.7 Å². The Hall–Kier alpha value is -2.40. The molecule has 1 aromatic carbocycles. The molecule has 3 rings (SSSR count). The van der Waals surface area contributed by atoms with Gasteiger partial charge >= 0.3 is 0 Å². The van der Waals surface area contributed by atoms with Gasteiger partial charge in [-0.2, -0.15) is 0 Å². The summed E-state index contributed by atoms with van der Waals surface area (Å²) < 4.78 is 1.93. The molecule has 0 spiro atoms. The van der Waals surface area contributed by atoms with Gasteiger partial charge in [0.2, 0.25) is 5.91 Å². The fraction of sp³-hybridized carbons (Fsp3) is 0.278. The van der Waals surface area contributed by atoms with Crippen LogP contribution in [-0.4, -0.2) is 27.0 Å². The molecule has 6 heteroatoms. The number of nitrogens with zero attached hydrogens (tertiary/aromatic N) is 3. The van der Waals surface area contributed by atoms with Gasteiger partial charge in [-0.3, -0.25) is 9.20 Å². The first kappa shape index (κ1) is 16.5. The standard InChI is InChI=1S/C18H19ClN4O/c1-13-5-6-14(12-15(13)19)7-8-18(24)20-10-9-17-22-21-16-4-2-3-11-23(16)17/h2-6,11-12H,7-10H2,1H3,(H,20,24). The van der Waals surface area contributed by atoms with Crippen LogP contribution in [0.5, 0.6) is 0 Å². The average Bonchev–Trinajstić information content (AvgIpc) is 2.99. The lowest BCUT2D eigenvalue weighted by atomic mass is 10.1. The molecular weight excluding hydrogens is 324 g/mol. The highest BCUT2D eigenvalue weighted by Crippen LogP contribution is 2.17. The number of aromatic nitrogens is 3. The van der Waals surface area contributed by atoms with Crippen molar-refractivity contribution in [3.8, 4) is 0 Å². The van der Waals surface area contributed by atoms with Gasteiger partial charge in [-0.15, -0.1) is 10.2 Å². The van der Waals surface area contributed by atoms with E-state index in [9.17, 15) is 4.79 Å². The van der Waals surface area contributed by atoms with Crippen molar-refractivity contribution < 1.29 is 4.79 Å². The van der Waals surface area contributed by atoms with Crippen molar-refractivity contribution in [2.75, 3.05) is 6.54 Å². The van der Waals surface area contributed by atoms with E-state index in [0.717, 1.165) is 27.6 Å². The Bertz CT molecular complexity index is 859. The lowest BCUT2D eigenvalue weighted by Crippen LogP contribution is -2.26. The molecule has 2 heterocycles. The fourth-order valence-corrected chi connectivity index (χ4v) is 2.72.